The van der Waals surface area contributed by atoms with Gasteiger partial charge in [0.15, 0.2) is 5.82 Å². The molecule has 0 saturated carbocycles. The highest BCUT2D eigenvalue weighted by molar-refractivity contribution is 5.47. The van der Waals surface area contributed by atoms with Crippen LogP contribution < -0.4 is 10.6 Å². The van der Waals surface area contributed by atoms with Crippen LogP contribution in [0.15, 0.2) is 29.3 Å². The average Bonchev–Trinajstić information content (AvgIpc) is 3.32. The molecule has 4 rings (SSSR count). The zero-order valence-electron chi connectivity index (χ0n) is 18.0. The standard InChI is InChI=1S/C20H22F5N7O/c1-3-30-11-14(10-26-30)12-31-13(2)28-32(18(31)33)17-9-15(20(23,24)25)8-16(27-17)29-6-4-19(21,22)5-7-29/h8-11H,3-7,12H2,1-2H3. The Labute approximate surface area is 185 Å². The van der Waals surface area contributed by atoms with E-state index in [1.165, 1.54) is 9.47 Å². The van der Waals surface area contributed by atoms with Gasteiger partial charge >= 0.3 is 11.9 Å². The van der Waals surface area contributed by atoms with E-state index in [2.05, 4.69) is 15.2 Å². The maximum atomic E-state index is 13.6. The first-order valence-corrected chi connectivity index (χ1v) is 10.4. The monoisotopic (exact) mass is 471 g/mol. The van der Waals surface area contributed by atoms with E-state index in [0.29, 0.717) is 6.54 Å². The first kappa shape index (κ1) is 22.9. The molecule has 0 N–H and O–H groups in total. The zero-order chi connectivity index (χ0) is 24.0. The minimum atomic E-state index is -4.72. The van der Waals surface area contributed by atoms with Gasteiger partial charge in [-0.3, -0.25) is 9.25 Å². The van der Waals surface area contributed by atoms with Gasteiger partial charge in [-0.05, 0) is 26.0 Å². The third-order valence-corrected chi connectivity index (χ3v) is 5.56. The van der Waals surface area contributed by atoms with E-state index in [-0.39, 0.29) is 37.1 Å². The van der Waals surface area contributed by atoms with E-state index >= 15 is 0 Å². The van der Waals surface area contributed by atoms with Crippen molar-refractivity contribution >= 4 is 5.82 Å². The molecule has 1 saturated heterocycles. The topological polar surface area (TPSA) is 73.8 Å². The van der Waals surface area contributed by atoms with Crippen LogP contribution in [0.4, 0.5) is 27.8 Å². The van der Waals surface area contributed by atoms with E-state index in [1.54, 1.807) is 24.0 Å². The Morgan fingerprint density at radius 1 is 1.12 bits per heavy atom. The molecule has 1 fully saturated rings. The van der Waals surface area contributed by atoms with Crippen molar-refractivity contribution < 1.29 is 22.0 Å². The van der Waals surface area contributed by atoms with Gasteiger partial charge in [0.2, 0.25) is 0 Å². The van der Waals surface area contributed by atoms with E-state index in [4.69, 9.17) is 0 Å². The van der Waals surface area contributed by atoms with Crippen LogP contribution in [-0.4, -0.2) is 48.1 Å². The van der Waals surface area contributed by atoms with Crippen LogP contribution in [0.2, 0.25) is 0 Å². The van der Waals surface area contributed by atoms with E-state index in [0.717, 1.165) is 22.4 Å². The number of anilines is 1. The number of alkyl halides is 5. The molecule has 0 atom stereocenters. The van der Waals surface area contributed by atoms with Gasteiger partial charge in [-0.25, -0.2) is 18.6 Å². The average molecular weight is 471 g/mol. The minimum absolute atomic E-state index is 0.126. The molecule has 0 aliphatic carbocycles. The van der Waals surface area contributed by atoms with Crippen LogP contribution in [0.25, 0.3) is 5.82 Å². The van der Waals surface area contributed by atoms with Gasteiger partial charge in [0, 0.05) is 44.2 Å². The molecular weight excluding hydrogens is 449 g/mol. The fourth-order valence-corrected chi connectivity index (χ4v) is 3.67. The Kier molecular flexibility index (Phi) is 5.74. The predicted octanol–water partition coefficient (Wildman–Crippen LogP) is 3.26. The molecule has 0 aromatic carbocycles. The Hall–Kier alpha value is -3.25. The fraction of sp³-hybridized carbons (Fsp3) is 0.500. The minimum Gasteiger partial charge on any atom is -0.356 e. The molecule has 1 aliphatic rings. The molecule has 4 heterocycles. The number of aryl methyl sites for hydroxylation is 2. The van der Waals surface area contributed by atoms with Crippen molar-refractivity contribution in [3.8, 4) is 5.82 Å². The molecule has 3 aromatic rings. The summed E-state index contributed by atoms with van der Waals surface area (Å²) < 4.78 is 71.5. The van der Waals surface area contributed by atoms with Crippen LogP contribution in [0, 0.1) is 6.92 Å². The Morgan fingerprint density at radius 2 is 1.79 bits per heavy atom. The van der Waals surface area contributed by atoms with Gasteiger partial charge in [0.1, 0.15) is 11.6 Å². The number of nitrogens with zero attached hydrogens (tertiary/aromatic N) is 7. The zero-order valence-corrected chi connectivity index (χ0v) is 18.0. The summed E-state index contributed by atoms with van der Waals surface area (Å²) in [5.41, 5.74) is -0.976. The fourth-order valence-electron chi connectivity index (χ4n) is 3.67. The Balaban J connectivity index is 1.73. The van der Waals surface area contributed by atoms with Crippen LogP contribution >= 0.6 is 0 Å². The molecule has 1 aliphatic heterocycles. The molecule has 0 radical (unpaired) electrons. The Morgan fingerprint density at radius 3 is 2.39 bits per heavy atom. The van der Waals surface area contributed by atoms with E-state index < -0.39 is 36.2 Å². The third kappa shape index (κ3) is 4.76. The summed E-state index contributed by atoms with van der Waals surface area (Å²) in [6.07, 6.45) is -2.34. The van der Waals surface area contributed by atoms with Crippen LogP contribution in [0.3, 0.4) is 0 Å². The summed E-state index contributed by atoms with van der Waals surface area (Å²) in [4.78, 5) is 18.6. The van der Waals surface area contributed by atoms with Crippen LogP contribution in [0.1, 0.15) is 36.7 Å². The third-order valence-electron chi connectivity index (χ3n) is 5.56. The number of pyridine rings is 1. The lowest BCUT2D eigenvalue weighted by Gasteiger charge is -2.33. The first-order valence-electron chi connectivity index (χ1n) is 10.4. The van der Waals surface area contributed by atoms with Gasteiger partial charge in [-0.2, -0.15) is 23.0 Å². The predicted molar refractivity (Wildman–Crippen MR) is 109 cm³/mol. The molecule has 0 spiro atoms. The normalized spacial score (nSPS) is 16.4. The number of rotatable bonds is 5. The maximum absolute atomic E-state index is 13.6. The highest BCUT2D eigenvalue weighted by Gasteiger charge is 2.36. The maximum Gasteiger partial charge on any atom is 0.416 e. The lowest BCUT2D eigenvalue weighted by Crippen LogP contribution is -2.40. The van der Waals surface area contributed by atoms with Gasteiger partial charge in [-0.1, -0.05) is 0 Å². The lowest BCUT2D eigenvalue weighted by molar-refractivity contribution is -0.137. The molecular formula is C20H22F5N7O. The highest BCUT2D eigenvalue weighted by atomic mass is 19.4. The quantitative estimate of drug-likeness (QED) is 0.534. The molecule has 33 heavy (non-hydrogen) atoms. The van der Waals surface area contributed by atoms with Crippen LogP contribution in [0.5, 0.6) is 0 Å². The number of piperidine rings is 1. The van der Waals surface area contributed by atoms with Crippen molar-refractivity contribution in [2.75, 3.05) is 18.0 Å². The van der Waals surface area contributed by atoms with Gasteiger partial charge in [0.25, 0.3) is 5.92 Å². The molecule has 0 bridgehead atoms. The summed E-state index contributed by atoms with van der Waals surface area (Å²) >= 11 is 0. The summed E-state index contributed by atoms with van der Waals surface area (Å²) in [6, 6.07) is 1.54. The van der Waals surface area contributed by atoms with Crippen molar-refractivity contribution in [1.82, 2.24) is 29.1 Å². The summed E-state index contributed by atoms with van der Waals surface area (Å²) in [5, 5.41) is 8.25. The second-order valence-electron chi connectivity index (χ2n) is 7.94. The van der Waals surface area contributed by atoms with E-state index in [9.17, 15) is 26.7 Å². The van der Waals surface area contributed by atoms with Crippen LogP contribution in [-0.2, 0) is 19.3 Å². The van der Waals surface area contributed by atoms with Gasteiger partial charge in [-0.15, -0.1) is 5.10 Å². The number of aromatic nitrogens is 6. The number of hydrogen-bond donors (Lipinski definition) is 0. The lowest BCUT2D eigenvalue weighted by atomic mass is 10.1. The second kappa shape index (κ2) is 8.27. The van der Waals surface area contributed by atoms with Crippen molar-refractivity contribution in [1.29, 1.82) is 0 Å². The molecule has 0 amide bonds. The van der Waals surface area contributed by atoms with Gasteiger partial charge < -0.3 is 4.90 Å². The second-order valence-corrected chi connectivity index (χ2v) is 7.94. The number of halogens is 5. The van der Waals surface area contributed by atoms with Crippen molar-refractivity contribution in [2.45, 2.75) is 51.9 Å². The molecule has 178 valence electrons. The smallest absolute Gasteiger partial charge is 0.356 e. The number of hydrogen-bond acceptors (Lipinski definition) is 5. The highest BCUT2D eigenvalue weighted by Crippen LogP contribution is 2.34. The molecule has 13 heteroatoms. The first-order chi connectivity index (χ1) is 15.5. The van der Waals surface area contributed by atoms with Crippen molar-refractivity contribution in [3.05, 3.63) is 52.0 Å². The van der Waals surface area contributed by atoms with Crippen molar-refractivity contribution in [3.63, 3.8) is 0 Å². The Bertz CT molecular complexity index is 1200. The van der Waals surface area contributed by atoms with E-state index in [1.807, 2.05) is 6.92 Å². The summed E-state index contributed by atoms with van der Waals surface area (Å²) in [5.74, 6) is -3.03. The largest absolute Gasteiger partial charge is 0.416 e. The summed E-state index contributed by atoms with van der Waals surface area (Å²) in [6.45, 7) is 3.95. The van der Waals surface area contributed by atoms with Gasteiger partial charge in [0.05, 0.1) is 18.3 Å². The van der Waals surface area contributed by atoms with Crippen molar-refractivity contribution in [2.24, 2.45) is 0 Å². The molecule has 3 aromatic heterocycles. The summed E-state index contributed by atoms with van der Waals surface area (Å²) in [7, 11) is 0. The molecule has 0 unspecified atom stereocenters. The SMILES string of the molecule is CCn1cc(Cn2c(C)nn(-c3cc(C(F)(F)F)cc(N4CCC(F)(F)CC4)n3)c2=O)cn1. The molecule has 8 nitrogen and oxygen atoms in total.